The van der Waals surface area contributed by atoms with E-state index in [9.17, 15) is 30.8 Å². The van der Waals surface area contributed by atoms with Crippen LogP contribution < -0.4 is 5.32 Å². The molecule has 1 amide bonds. The number of aromatic nitrogens is 3. The molecule has 1 saturated carbocycles. The van der Waals surface area contributed by atoms with Crippen molar-refractivity contribution in [2.75, 3.05) is 6.61 Å². The lowest BCUT2D eigenvalue weighted by atomic mass is 10.1. The number of sulfone groups is 1. The normalized spacial score (nSPS) is 20.9. The number of hydrogen-bond donors (Lipinski definition) is 1. The van der Waals surface area contributed by atoms with Crippen LogP contribution in [0.4, 0.5) is 17.6 Å². The van der Waals surface area contributed by atoms with Crippen LogP contribution in [0.25, 0.3) is 22.3 Å². The Hall–Kier alpha value is -3.97. The summed E-state index contributed by atoms with van der Waals surface area (Å²) in [7, 11) is -4.54. The molecule has 0 unspecified atom stereocenters. The number of ether oxygens (including phenoxy) is 1. The maximum Gasteiger partial charge on any atom is 0.257 e. The fourth-order valence-corrected chi connectivity index (χ4v) is 5.85. The number of amides is 1. The number of benzene rings is 1. The van der Waals surface area contributed by atoms with E-state index in [2.05, 4.69) is 20.3 Å². The van der Waals surface area contributed by atoms with Gasteiger partial charge in [0.05, 0.1) is 58.9 Å². The molecule has 206 valence electrons. The summed E-state index contributed by atoms with van der Waals surface area (Å²) < 4.78 is 85.6. The molecule has 1 aromatic carbocycles. The maximum atomic E-state index is 14.7. The second-order valence-corrected chi connectivity index (χ2v) is 11.7. The summed E-state index contributed by atoms with van der Waals surface area (Å²) in [6.07, 6.45) is 1.31. The Labute approximate surface area is 225 Å². The largest absolute Gasteiger partial charge is 0.372 e. The molecule has 1 N–H and O–H groups in total. The van der Waals surface area contributed by atoms with Gasteiger partial charge in [0.1, 0.15) is 5.82 Å². The Bertz CT molecular complexity index is 1780. The van der Waals surface area contributed by atoms with Gasteiger partial charge in [0, 0.05) is 29.1 Å². The van der Waals surface area contributed by atoms with Crippen molar-refractivity contribution in [1.29, 1.82) is 0 Å². The van der Waals surface area contributed by atoms with Crippen molar-refractivity contribution in [3.05, 3.63) is 83.1 Å². The summed E-state index contributed by atoms with van der Waals surface area (Å²) in [5.74, 6) is -5.43. The van der Waals surface area contributed by atoms with Gasteiger partial charge in [0.15, 0.2) is 0 Å². The maximum absolute atomic E-state index is 14.7. The van der Waals surface area contributed by atoms with Crippen LogP contribution in [0.3, 0.4) is 0 Å². The number of nitrogens with one attached hydrogen (secondary N) is 1. The van der Waals surface area contributed by atoms with Crippen molar-refractivity contribution in [3.8, 4) is 11.4 Å². The SMILES string of the molecule is O=C(NCc1cc2nc(-c3cccc([C@H]4CC4(F)F)n3)ccc2cn1)c1cc(F)c2c(c1)S(=O)(=O)[C@@H](F)COC2. The molecule has 6 rings (SSSR count). The lowest BCUT2D eigenvalue weighted by molar-refractivity contribution is 0.0938. The molecule has 1 aliphatic heterocycles. The molecular weight excluding hydrogens is 552 g/mol. The van der Waals surface area contributed by atoms with Crippen molar-refractivity contribution in [2.45, 2.75) is 41.8 Å². The van der Waals surface area contributed by atoms with Gasteiger partial charge in [-0.05, 0) is 42.5 Å². The third kappa shape index (κ3) is 4.79. The molecule has 4 aromatic rings. The highest BCUT2D eigenvalue weighted by molar-refractivity contribution is 7.92. The third-order valence-electron chi connectivity index (χ3n) is 6.83. The van der Waals surface area contributed by atoms with Gasteiger partial charge in [-0.1, -0.05) is 6.07 Å². The predicted molar refractivity (Wildman–Crippen MR) is 134 cm³/mol. The van der Waals surface area contributed by atoms with Crippen LogP contribution in [0.15, 0.2) is 59.6 Å². The summed E-state index contributed by atoms with van der Waals surface area (Å²) >= 11 is 0. The van der Waals surface area contributed by atoms with Gasteiger partial charge in [-0.3, -0.25) is 14.8 Å². The van der Waals surface area contributed by atoms with Gasteiger partial charge in [-0.15, -0.1) is 0 Å². The summed E-state index contributed by atoms with van der Waals surface area (Å²) in [4.78, 5) is 25.4. The molecule has 1 fully saturated rings. The van der Waals surface area contributed by atoms with Crippen LogP contribution in [0.1, 0.15) is 39.6 Å². The Morgan fingerprint density at radius 2 is 1.88 bits per heavy atom. The molecule has 0 spiro atoms. The van der Waals surface area contributed by atoms with Gasteiger partial charge in [-0.25, -0.2) is 31.0 Å². The number of pyridine rings is 3. The van der Waals surface area contributed by atoms with Crippen LogP contribution in [0.2, 0.25) is 0 Å². The minimum atomic E-state index is -4.54. The molecule has 8 nitrogen and oxygen atoms in total. The first-order chi connectivity index (χ1) is 19.0. The molecule has 13 heteroatoms. The number of hydrogen-bond acceptors (Lipinski definition) is 7. The van der Waals surface area contributed by atoms with E-state index in [1.54, 1.807) is 36.4 Å². The molecule has 0 bridgehead atoms. The first-order valence-corrected chi connectivity index (χ1v) is 13.7. The zero-order valence-electron chi connectivity index (χ0n) is 20.6. The number of halogens is 4. The minimum absolute atomic E-state index is 0.106. The van der Waals surface area contributed by atoms with Crippen LogP contribution >= 0.6 is 0 Å². The van der Waals surface area contributed by atoms with E-state index in [-0.39, 0.29) is 24.1 Å². The van der Waals surface area contributed by atoms with E-state index in [0.717, 1.165) is 12.1 Å². The highest BCUT2D eigenvalue weighted by Crippen LogP contribution is 2.55. The molecule has 0 saturated heterocycles. The minimum Gasteiger partial charge on any atom is -0.372 e. The quantitative estimate of drug-likeness (QED) is 0.351. The van der Waals surface area contributed by atoms with E-state index in [1.165, 1.54) is 6.20 Å². The van der Waals surface area contributed by atoms with Crippen LogP contribution in [0.5, 0.6) is 0 Å². The third-order valence-corrected chi connectivity index (χ3v) is 8.62. The Morgan fingerprint density at radius 1 is 1.10 bits per heavy atom. The van der Waals surface area contributed by atoms with E-state index in [4.69, 9.17) is 4.74 Å². The second kappa shape index (κ2) is 9.59. The molecule has 2 atom stereocenters. The zero-order valence-corrected chi connectivity index (χ0v) is 21.4. The van der Waals surface area contributed by atoms with Crippen molar-refractivity contribution in [2.24, 2.45) is 0 Å². The number of carbonyl (C=O) groups excluding carboxylic acids is 1. The lowest BCUT2D eigenvalue weighted by Crippen LogP contribution is -2.25. The number of rotatable bonds is 5. The molecule has 0 radical (unpaired) electrons. The fraction of sp³-hybridized carbons (Fsp3) is 0.259. The monoisotopic (exact) mass is 572 g/mol. The van der Waals surface area contributed by atoms with Crippen molar-refractivity contribution >= 4 is 26.6 Å². The Kier molecular flexibility index (Phi) is 6.30. The first kappa shape index (κ1) is 26.3. The van der Waals surface area contributed by atoms with Crippen molar-refractivity contribution in [3.63, 3.8) is 0 Å². The Balaban J connectivity index is 1.22. The van der Waals surface area contributed by atoms with Gasteiger partial charge >= 0.3 is 0 Å². The summed E-state index contributed by atoms with van der Waals surface area (Å²) in [5.41, 5.74) is -0.895. The van der Waals surface area contributed by atoms with E-state index >= 15 is 0 Å². The first-order valence-electron chi connectivity index (χ1n) is 12.2. The van der Waals surface area contributed by atoms with Crippen molar-refractivity contribution < 1.29 is 35.5 Å². The topological polar surface area (TPSA) is 111 Å². The number of carbonyl (C=O) groups is 1. The highest BCUT2D eigenvalue weighted by atomic mass is 32.2. The molecule has 4 heterocycles. The van der Waals surface area contributed by atoms with Crippen LogP contribution in [-0.2, 0) is 27.7 Å². The van der Waals surface area contributed by atoms with Crippen LogP contribution in [-0.4, -0.2) is 47.3 Å². The van der Waals surface area contributed by atoms with Crippen LogP contribution in [0, 0.1) is 5.82 Å². The van der Waals surface area contributed by atoms with Gasteiger partial charge in [0.25, 0.3) is 11.8 Å². The Morgan fingerprint density at radius 3 is 2.65 bits per heavy atom. The number of fused-ring (bicyclic) bond motifs is 2. The lowest BCUT2D eigenvalue weighted by Gasteiger charge is -2.11. The number of nitrogens with zero attached hydrogens (tertiary/aromatic N) is 3. The average molecular weight is 573 g/mol. The highest BCUT2D eigenvalue weighted by Gasteiger charge is 2.58. The predicted octanol–water partition coefficient (Wildman–Crippen LogP) is 4.48. The molecule has 3 aromatic heterocycles. The van der Waals surface area contributed by atoms with Crippen molar-refractivity contribution in [1.82, 2.24) is 20.3 Å². The average Bonchev–Trinajstić information content (AvgIpc) is 3.61. The fourth-order valence-electron chi connectivity index (χ4n) is 4.51. The summed E-state index contributed by atoms with van der Waals surface area (Å²) in [6, 6.07) is 11.8. The standard InChI is InChI=1S/C27H20F4N4O4S/c28-19-6-15(7-24-17(19)12-39-13-25(29)40(24,37)38)26(36)33-11-16-8-23-14(10-32-16)4-5-22(35-23)21-3-1-2-20(34-21)18-9-27(18,30)31/h1-8,10,18,25H,9,11-13H2,(H,33,36)/t18-,25-/m1/s1. The van der Waals surface area contributed by atoms with Gasteiger partial charge in [-0.2, -0.15) is 0 Å². The molecule has 2 aliphatic rings. The summed E-state index contributed by atoms with van der Waals surface area (Å²) in [5, 5.41) is 3.23. The number of alkyl halides is 3. The molecule has 40 heavy (non-hydrogen) atoms. The van der Waals surface area contributed by atoms with Gasteiger partial charge < -0.3 is 10.1 Å². The smallest absolute Gasteiger partial charge is 0.257 e. The van der Waals surface area contributed by atoms with E-state index in [0.29, 0.717) is 33.7 Å². The second-order valence-electron chi connectivity index (χ2n) is 9.62. The molecular formula is C27H20F4N4O4S. The summed E-state index contributed by atoms with van der Waals surface area (Å²) in [6.45, 7) is -1.28. The van der Waals surface area contributed by atoms with E-state index in [1.807, 2.05) is 0 Å². The zero-order chi connectivity index (χ0) is 28.2. The molecule has 1 aliphatic carbocycles. The van der Waals surface area contributed by atoms with Gasteiger partial charge in [0.2, 0.25) is 15.3 Å². The van der Waals surface area contributed by atoms with E-state index < -0.39 is 57.0 Å².